The molecule has 4 rings (SSSR count). The Bertz CT molecular complexity index is 1040. The second-order valence-electron chi connectivity index (χ2n) is 6.05. The highest BCUT2D eigenvalue weighted by molar-refractivity contribution is 5.81. The molecule has 0 fully saturated rings. The second-order valence-corrected chi connectivity index (χ2v) is 6.05. The fraction of sp³-hybridized carbons (Fsp3) is 0.100. The van der Waals surface area contributed by atoms with Gasteiger partial charge in [0.15, 0.2) is 0 Å². The molecular weight excluding hydrogens is 324 g/mol. The van der Waals surface area contributed by atoms with Gasteiger partial charge in [-0.15, -0.1) is 10.2 Å². The Morgan fingerprint density at radius 1 is 0.923 bits per heavy atom. The third kappa shape index (κ3) is 3.17. The average Bonchev–Trinajstić information content (AvgIpc) is 3.26. The minimum Gasteiger partial charge on any atom is -0.202 e. The summed E-state index contributed by atoms with van der Waals surface area (Å²) in [6.45, 7) is 3.92. The first-order valence-electron chi connectivity index (χ1n) is 8.34. The van der Waals surface area contributed by atoms with E-state index in [1.54, 1.807) is 21.9 Å². The molecular formula is C20H18N6. The Balaban J connectivity index is 1.58. The molecule has 0 N–H and O–H groups in total. The van der Waals surface area contributed by atoms with Crippen molar-refractivity contribution in [1.29, 1.82) is 0 Å². The van der Waals surface area contributed by atoms with Gasteiger partial charge >= 0.3 is 0 Å². The van der Waals surface area contributed by atoms with Gasteiger partial charge in [0.05, 0.1) is 11.9 Å². The van der Waals surface area contributed by atoms with Gasteiger partial charge in [0.25, 0.3) is 5.95 Å². The first-order chi connectivity index (χ1) is 12.7. The van der Waals surface area contributed by atoms with E-state index in [2.05, 4.69) is 44.7 Å². The highest BCUT2D eigenvalue weighted by Gasteiger charge is 2.10. The zero-order chi connectivity index (χ0) is 17.9. The highest BCUT2D eigenvalue weighted by Crippen LogP contribution is 2.18. The van der Waals surface area contributed by atoms with Gasteiger partial charge in [-0.3, -0.25) is 0 Å². The van der Waals surface area contributed by atoms with E-state index in [9.17, 15) is 0 Å². The molecule has 6 nitrogen and oxygen atoms in total. The zero-order valence-corrected chi connectivity index (χ0v) is 14.6. The second kappa shape index (κ2) is 6.76. The van der Waals surface area contributed by atoms with Crippen molar-refractivity contribution in [2.45, 2.75) is 13.8 Å². The van der Waals surface area contributed by atoms with E-state index in [1.165, 1.54) is 11.1 Å². The van der Waals surface area contributed by atoms with E-state index in [-0.39, 0.29) is 0 Å². The molecule has 26 heavy (non-hydrogen) atoms. The Morgan fingerprint density at radius 3 is 2.35 bits per heavy atom. The molecule has 0 bridgehead atoms. The Kier molecular flexibility index (Phi) is 4.15. The molecule has 2 aromatic carbocycles. The number of nitrogens with zero attached hydrogens (tertiary/aromatic N) is 6. The number of aromatic nitrogens is 5. The van der Waals surface area contributed by atoms with Crippen molar-refractivity contribution >= 4 is 6.21 Å². The lowest BCUT2D eigenvalue weighted by Crippen LogP contribution is -2.06. The first-order valence-corrected chi connectivity index (χ1v) is 8.34. The molecule has 0 radical (unpaired) electrons. The van der Waals surface area contributed by atoms with Gasteiger partial charge in [0.2, 0.25) is 0 Å². The Morgan fingerprint density at radius 2 is 1.65 bits per heavy atom. The zero-order valence-electron chi connectivity index (χ0n) is 14.6. The quantitative estimate of drug-likeness (QED) is 0.532. The molecule has 2 aromatic heterocycles. The highest BCUT2D eigenvalue weighted by atomic mass is 15.5. The van der Waals surface area contributed by atoms with Crippen molar-refractivity contribution in [1.82, 2.24) is 24.7 Å². The van der Waals surface area contributed by atoms with Crippen LogP contribution in [0.4, 0.5) is 0 Å². The van der Waals surface area contributed by atoms with Crippen molar-refractivity contribution in [3.8, 4) is 17.1 Å². The van der Waals surface area contributed by atoms with Gasteiger partial charge < -0.3 is 0 Å². The summed E-state index contributed by atoms with van der Waals surface area (Å²) in [6, 6.07) is 20.5. The predicted molar refractivity (Wildman–Crippen MR) is 101 cm³/mol. The number of rotatable bonds is 4. The number of aryl methyl sites for hydroxylation is 2. The van der Waals surface area contributed by atoms with E-state index in [4.69, 9.17) is 0 Å². The molecule has 0 amide bonds. The van der Waals surface area contributed by atoms with Crippen LogP contribution in [0.15, 0.2) is 72.1 Å². The molecule has 0 aliphatic rings. The molecule has 4 aromatic rings. The van der Waals surface area contributed by atoms with E-state index in [0.29, 0.717) is 5.95 Å². The summed E-state index contributed by atoms with van der Waals surface area (Å²) in [4.78, 5) is 0. The maximum Gasteiger partial charge on any atom is 0.273 e. The lowest BCUT2D eigenvalue weighted by atomic mass is 10.0. The van der Waals surface area contributed by atoms with Gasteiger partial charge in [0.1, 0.15) is 6.33 Å². The molecule has 2 heterocycles. The van der Waals surface area contributed by atoms with Crippen molar-refractivity contribution in [3.05, 3.63) is 83.9 Å². The summed E-state index contributed by atoms with van der Waals surface area (Å²) >= 11 is 0. The first kappa shape index (κ1) is 16.0. The van der Waals surface area contributed by atoms with Crippen molar-refractivity contribution in [3.63, 3.8) is 0 Å². The fourth-order valence-electron chi connectivity index (χ4n) is 2.80. The van der Waals surface area contributed by atoms with Crippen molar-refractivity contribution in [2.75, 3.05) is 0 Å². The van der Waals surface area contributed by atoms with Gasteiger partial charge in [-0.2, -0.15) is 14.9 Å². The Labute approximate surface area is 151 Å². The van der Waals surface area contributed by atoms with Crippen molar-refractivity contribution < 1.29 is 0 Å². The normalized spacial score (nSPS) is 11.3. The topological polar surface area (TPSA) is 60.9 Å². The summed E-state index contributed by atoms with van der Waals surface area (Å²) in [5, 5.41) is 17.0. The summed E-state index contributed by atoms with van der Waals surface area (Å²) < 4.78 is 3.35. The molecule has 0 unspecified atom stereocenters. The molecule has 6 heteroatoms. The minimum atomic E-state index is 0.563. The van der Waals surface area contributed by atoms with E-state index >= 15 is 0 Å². The monoisotopic (exact) mass is 342 g/mol. The van der Waals surface area contributed by atoms with Crippen LogP contribution >= 0.6 is 0 Å². The van der Waals surface area contributed by atoms with Gasteiger partial charge in [-0.1, -0.05) is 54.6 Å². The van der Waals surface area contributed by atoms with Crippen LogP contribution in [0.3, 0.4) is 0 Å². The van der Waals surface area contributed by atoms with Crippen LogP contribution in [0, 0.1) is 13.8 Å². The number of benzene rings is 2. The fourth-order valence-corrected chi connectivity index (χ4v) is 2.80. The molecule has 0 atom stereocenters. The van der Waals surface area contributed by atoms with Crippen molar-refractivity contribution in [2.24, 2.45) is 5.10 Å². The van der Waals surface area contributed by atoms with Crippen LogP contribution in [0.2, 0.25) is 0 Å². The minimum absolute atomic E-state index is 0.563. The van der Waals surface area contributed by atoms with Crippen LogP contribution in [0.5, 0.6) is 0 Å². The molecule has 0 aliphatic carbocycles. The van der Waals surface area contributed by atoms with Crippen LogP contribution in [0.25, 0.3) is 17.1 Å². The third-order valence-corrected chi connectivity index (χ3v) is 4.06. The lowest BCUT2D eigenvalue weighted by molar-refractivity contribution is 0.717. The van der Waals surface area contributed by atoms with Crippen LogP contribution in [-0.4, -0.2) is 30.9 Å². The molecule has 0 saturated carbocycles. The van der Waals surface area contributed by atoms with Gasteiger partial charge in [0, 0.05) is 5.69 Å². The van der Waals surface area contributed by atoms with Gasteiger partial charge in [-0.25, -0.2) is 4.68 Å². The van der Waals surface area contributed by atoms with E-state index in [1.807, 2.05) is 50.2 Å². The predicted octanol–water partition coefficient (Wildman–Crippen LogP) is 3.63. The maximum atomic E-state index is 4.47. The van der Waals surface area contributed by atoms with Crippen LogP contribution in [0.1, 0.15) is 17.0 Å². The summed E-state index contributed by atoms with van der Waals surface area (Å²) in [5.74, 6) is 0.563. The van der Waals surface area contributed by atoms with Gasteiger partial charge in [-0.05, 0) is 36.6 Å². The molecule has 0 aliphatic heterocycles. The smallest absolute Gasteiger partial charge is 0.202 e. The van der Waals surface area contributed by atoms with E-state index in [0.717, 1.165) is 17.0 Å². The summed E-state index contributed by atoms with van der Waals surface area (Å²) in [7, 11) is 0. The Hall–Kier alpha value is -3.54. The number of hydrogen-bond donors (Lipinski definition) is 0. The largest absolute Gasteiger partial charge is 0.273 e. The SMILES string of the molecule is Cc1cc(C)n(-c2nncn2/N=C\c2ccc(-c3ccccc3)cc2)n1. The van der Waals surface area contributed by atoms with Crippen LogP contribution in [-0.2, 0) is 0 Å². The van der Waals surface area contributed by atoms with E-state index < -0.39 is 0 Å². The molecule has 0 saturated heterocycles. The third-order valence-electron chi connectivity index (χ3n) is 4.06. The maximum absolute atomic E-state index is 4.47. The van der Waals surface area contributed by atoms with Crippen LogP contribution < -0.4 is 0 Å². The molecule has 128 valence electrons. The lowest BCUT2D eigenvalue weighted by Gasteiger charge is -2.03. The standard InChI is InChI=1S/C20H18N6/c1-15-12-16(2)26(24-15)20-23-21-14-25(20)22-13-17-8-10-19(11-9-17)18-6-4-3-5-7-18/h3-14H,1-2H3/b22-13-. The summed E-state index contributed by atoms with van der Waals surface area (Å²) in [6.07, 6.45) is 3.36. The summed E-state index contributed by atoms with van der Waals surface area (Å²) in [5.41, 5.74) is 5.28. The average molecular weight is 342 g/mol. The molecule has 0 spiro atoms. The number of hydrogen-bond acceptors (Lipinski definition) is 4.